The second kappa shape index (κ2) is 6.31. The summed E-state index contributed by atoms with van der Waals surface area (Å²) in [7, 11) is 0. The summed E-state index contributed by atoms with van der Waals surface area (Å²) in [5.41, 5.74) is 1.11. The van der Waals surface area contributed by atoms with Gasteiger partial charge in [0.1, 0.15) is 5.69 Å². The van der Waals surface area contributed by atoms with E-state index in [9.17, 15) is 13.6 Å². The number of nitrogens with zero attached hydrogens (tertiary/aromatic N) is 3. The summed E-state index contributed by atoms with van der Waals surface area (Å²) in [6.07, 6.45) is -1.38. The van der Waals surface area contributed by atoms with E-state index in [0.717, 1.165) is 5.69 Å². The van der Waals surface area contributed by atoms with Crippen molar-refractivity contribution in [2.75, 3.05) is 0 Å². The van der Waals surface area contributed by atoms with Crippen LogP contribution in [0.1, 0.15) is 37.6 Å². The highest BCUT2D eigenvalue weighted by Crippen LogP contribution is 2.24. The van der Waals surface area contributed by atoms with Crippen LogP contribution in [0.4, 0.5) is 8.78 Å². The van der Waals surface area contributed by atoms with E-state index in [1.54, 1.807) is 6.07 Å². The Morgan fingerprint density at radius 1 is 1.17 bits per heavy atom. The Kier molecular flexibility index (Phi) is 4.20. The van der Waals surface area contributed by atoms with Crippen LogP contribution in [0.2, 0.25) is 0 Å². The van der Waals surface area contributed by atoms with E-state index in [1.807, 2.05) is 13.8 Å². The first-order chi connectivity index (χ1) is 11.4. The fraction of sp³-hybridized carbons (Fsp3) is 0.250. The highest BCUT2D eigenvalue weighted by Gasteiger charge is 2.14. The minimum Gasteiger partial charge on any atom is -0.334 e. The number of aromatic amines is 1. The summed E-state index contributed by atoms with van der Waals surface area (Å²) in [6, 6.07) is 5.78. The molecular weight excluding hydrogens is 318 g/mol. The Morgan fingerprint density at radius 2 is 1.96 bits per heavy atom. The SMILES string of the molecule is CC(C)c1cc(-c2nc(-c3ccc(C(F)F)nc3)no2)cc(=O)[nH]1. The Labute approximate surface area is 135 Å². The summed E-state index contributed by atoms with van der Waals surface area (Å²) in [4.78, 5) is 22.4. The number of hydrogen-bond donors (Lipinski definition) is 1. The second-order valence-corrected chi connectivity index (χ2v) is 5.54. The number of pyridine rings is 2. The maximum atomic E-state index is 12.5. The Bertz CT molecular complexity index is 901. The van der Waals surface area contributed by atoms with Gasteiger partial charge in [0.25, 0.3) is 12.3 Å². The molecule has 0 saturated heterocycles. The molecule has 3 aromatic rings. The van der Waals surface area contributed by atoms with E-state index in [1.165, 1.54) is 24.4 Å². The lowest BCUT2D eigenvalue weighted by Crippen LogP contribution is -2.09. The number of rotatable bonds is 4. The Balaban J connectivity index is 1.95. The van der Waals surface area contributed by atoms with Crippen LogP contribution in [0.25, 0.3) is 22.8 Å². The van der Waals surface area contributed by atoms with E-state index >= 15 is 0 Å². The first-order valence-corrected chi connectivity index (χ1v) is 7.27. The maximum Gasteiger partial charge on any atom is 0.280 e. The zero-order valence-corrected chi connectivity index (χ0v) is 13.0. The van der Waals surface area contributed by atoms with Crippen molar-refractivity contribution >= 4 is 0 Å². The van der Waals surface area contributed by atoms with E-state index in [0.29, 0.717) is 11.1 Å². The molecule has 3 rings (SSSR count). The normalized spacial score (nSPS) is 11.4. The van der Waals surface area contributed by atoms with Gasteiger partial charge in [-0.2, -0.15) is 4.98 Å². The molecule has 0 atom stereocenters. The van der Waals surface area contributed by atoms with Gasteiger partial charge in [0, 0.05) is 29.1 Å². The molecule has 124 valence electrons. The monoisotopic (exact) mass is 332 g/mol. The van der Waals surface area contributed by atoms with Crippen LogP contribution in [-0.4, -0.2) is 20.1 Å². The first kappa shape index (κ1) is 16.0. The van der Waals surface area contributed by atoms with Crippen molar-refractivity contribution in [3.05, 3.63) is 52.2 Å². The average Bonchev–Trinajstić information content (AvgIpc) is 3.04. The van der Waals surface area contributed by atoms with Crippen molar-refractivity contribution in [2.24, 2.45) is 0 Å². The zero-order chi connectivity index (χ0) is 17.3. The molecule has 0 aliphatic rings. The van der Waals surface area contributed by atoms with Crippen LogP contribution in [0.3, 0.4) is 0 Å². The van der Waals surface area contributed by atoms with Crippen molar-refractivity contribution in [3.63, 3.8) is 0 Å². The molecule has 0 saturated carbocycles. The number of hydrogen-bond acceptors (Lipinski definition) is 5. The number of aromatic nitrogens is 4. The lowest BCUT2D eigenvalue weighted by atomic mass is 10.1. The maximum absolute atomic E-state index is 12.5. The lowest BCUT2D eigenvalue weighted by molar-refractivity contribution is 0.146. The van der Waals surface area contributed by atoms with Crippen LogP contribution >= 0.6 is 0 Å². The van der Waals surface area contributed by atoms with Gasteiger partial charge in [-0.15, -0.1) is 0 Å². The predicted octanol–water partition coefficient (Wildman–Crippen LogP) is 3.55. The summed E-state index contributed by atoms with van der Waals surface area (Å²) in [5.74, 6) is 0.520. The largest absolute Gasteiger partial charge is 0.334 e. The third kappa shape index (κ3) is 3.22. The molecule has 0 radical (unpaired) electrons. The van der Waals surface area contributed by atoms with Gasteiger partial charge in [0.15, 0.2) is 0 Å². The molecule has 6 nitrogen and oxygen atoms in total. The van der Waals surface area contributed by atoms with Crippen molar-refractivity contribution in [1.82, 2.24) is 20.1 Å². The number of alkyl halides is 2. The van der Waals surface area contributed by atoms with Gasteiger partial charge >= 0.3 is 0 Å². The Morgan fingerprint density at radius 3 is 2.58 bits per heavy atom. The fourth-order valence-electron chi connectivity index (χ4n) is 2.12. The molecule has 1 N–H and O–H groups in total. The molecule has 0 aliphatic heterocycles. The Hall–Kier alpha value is -2.90. The van der Waals surface area contributed by atoms with Crippen molar-refractivity contribution in [1.29, 1.82) is 0 Å². The van der Waals surface area contributed by atoms with Gasteiger partial charge in [-0.05, 0) is 24.1 Å². The van der Waals surface area contributed by atoms with Crippen LogP contribution in [0.5, 0.6) is 0 Å². The second-order valence-electron chi connectivity index (χ2n) is 5.54. The van der Waals surface area contributed by atoms with Crippen LogP contribution in [0, 0.1) is 0 Å². The van der Waals surface area contributed by atoms with Gasteiger partial charge in [-0.3, -0.25) is 9.78 Å². The highest BCUT2D eigenvalue weighted by molar-refractivity contribution is 5.59. The van der Waals surface area contributed by atoms with E-state index in [-0.39, 0.29) is 28.9 Å². The number of nitrogens with one attached hydrogen (secondary N) is 1. The molecule has 0 spiro atoms. The third-order valence-electron chi connectivity index (χ3n) is 3.43. The fourth-order valence-corrected chi connectivity index (χ4v) is 2.12. The van der Waals surface area contributed by atoms with Gasteiger partial charge in [-0.1, -0.05) is 19.0 Å². The lowest BCUT2D eigenvalue weighted by Gasteiger charge is -2.05. The molecule has 3 aromatic heterocycles. The zero-order valence-electron chi connectivity index (χ0n) is 13.0. The molecule has 0 aliphatic carbocycles. The molecule has 0 aromatic carbocycles. The molecule has 24 heavy (non-hydrogen) atoms. The molecule has 0 unspecified atom stereocenters. The van der Waals surface area contributed by atoms with Crippen LogP contribution < -0.4 is 5.56 Å². The van der Waals surface area contributed by atoms with Gasteiger partial charge < -0.3 is 9.51 Å². The molecule has 0 amide bonds. The molecule has 8 heteroatoms. The quantitative estimate of drug-likeness (QED) is 0.790. The smallest absolute Gasteiger partial charge is 0.280 e. The minimum atomic E-state index is -2.63. The summed E-state index contributed by atoms with van der Waals surface area (Å²) < 4.78 is 30.2. The highest BCUT2D eigenvalue weighted by atomic mass is 19.3. The summed E-state index contributed by atoms with van der Waals surface area (Å²) in [6.45, 7) is 3.90. The molecule has 0 bridgehead atoms. The third-order valence-corrected chi connectivity index (χ3v) is 3.43. The van der Waals surface area contributed by atoms with Gasteiger partial charge in [-0.25, -0.2) is 8.78 Å². The first-order valence-electron chi connectivity index (χ1n) is 7.27. The van der Waals surface area contributed by atoms with Crippen LogP contribution in [0.15, 0.2) is 39.8 Å². The van der Waals surface area contributed by atoms with Crippen molar-refractivity contribution < 1.29 is 13.3 Å². The standard InChI is InChI=1S/C16H14F2N4O2/c1-8(2)12-5-10(6-13(23)20-12)16-21-15(22-24-16)9-3-4-11(14(17)18)19-7-9/h3-8,14H,1-2H3,(H,20,23). The van der Waals surface area contributed by atoms with Crippen molar-refractivity contribution in [3.8, 4) is 22.8 Å². The topological polar surface area (TPSA) is 84.7 Å². The molecule has 0 fully saturated rings. The average molecular weight is 332 g/mol. The molecular formula is C16H14F2N4O2. The number of H-pyrrole nitrogens is 1. The molecule has 3 heterocycles. The van der Waals surface area contributed by atoms with Crippen LogP contribution in [-0.2, 0) is 0 Å². The van der Waals surface area contributed by atoms with Gasteiger partial charge in [0.05, 0.1) is 0 Å². The summed E-state index contributed by atoms with van der Waals surface area (Å²) >= 11 is 0. The van der Waals surface area contributed by atoms with E-state index in [4.69, 9.17) is 4.52 Å². The predicted molar refractivity (Wildman–Crippen MR) is 82.6 cm³/mol. The number of halogens is 2. The van der Waals surface area contributed by atoms with Crippen molar-refractivity contribution in [2.45, 2.75) is 26.2 Å². The van der Waals surface area contributed by atoms with E-state index < -0.39 is 6.43 Å². The van der Waals surface area contributed by atoms with Gasteiger partial charge in [0.2, 0.25) is 11.4 Å². The van der Waals surface area contributed by atoms with E-state index in [2.05, 4.69) is 20.1 Å². The summed E-state index contributed by atoms with van der Waals surface area (Å²) in [5, 5.41) is 3.82. The minimum absolute atomic E-state index is 0.131.